The Morgan fingerprint density at radius 2 is 1.60 bits per heavy atom. The van der Waals surface area contributed by atoms with Crippen molar-refractivity contribution in [2.24, 2.45) is 0 Å². The molecule has 0 heterocycles. The van der Waals surface area contributed by atoms with Crippen molar-refractivity contribution in [3.05, 3.63) is 82.6 Å². The minimum absolute atomic E-state index is 0.128. The summed E-state index contributed by atoms with van der Waals surface area (Å²) in [6.45, 7) is 5.29. The molecule has 0 saturated carbocycles. The van der Waals surface area contributed by atoms with E-state index in [0.29, 0.717) is 35.5 Å². The molecule has 0 aromatic heterocycles. The maximum atomic E-state index is 13.0. The van der Waals surface area contributed by atoms with Crippen LogP contribution in [0.15, 0.2) is 60.3 Å². The molecule has 0 fully saturated rings. The van der Waals surface area contributed by atoms with Crippen LogP contribution in [-0.4, -0.2) is 29.6 Å². The average Bonchev–Trinajstić information content (AvgIpc) is 2.65. The first-order valence-electron chi connectivity index (χ1n) is 8.41. The van der Waals surface area contributed by atoms with Gasteiger partial charge in [0.1, 0.15) is 0 Å². The summed E-state index contributed by atoms with van der Waals surface area (Å²) in [6.07, 6.45) is 1.45. The zero-order valence-electron chi connectivity index (χ0n) is 14.4. The highest BCUT2D eigenvalue weighted by molar-refractivity contribution is 6.25. The summed E-state index contributed by atoms with van der Waals surface area (Å²) in [6, 6.07) is 14.9. The van der Waals surface area contributed by atoms with Crippen LogP contribution in [0.4, 0.5) is 0 Å². The van der Waals surface area contributed by atoms with Crippen molar-refractivity contribution in [1.82, 2.24) is 4.90 Å². The molecule has 25 heavy (non-hydrogen) atoms. The molecule has 0 atom stereocenters. The Bertz CT molecular complexity index is 910. The molecule has 0 N–H and O–H groups in total. The largest absolute Gasteiger partial charge is 0.369 e. The number of hydrogen-bond acceptors (Lipinski definition) is 3. The Kier molecular flexibility index (Phi) is 4.81. The van der Waals surface area contributed by atoms with Gasteiger partial charge in [-0.05, 0) is 32.0 Å². The fourth-order valence-electron chi connectivity index (χ4n) is 2.96. The van der Waals surface area contributed by atoms with Gasteiger partial charge in [0.25, 0.3) is 0 Å². The van der Waals surface area contributed by atoms with Crippen LogP contribution in [0.2, 0.25) is 0 Å². The van der Waals surface area contributed by atoms with Crippen molar-refractivity contribution in [2.75, 3.05) is 13.1 Å². The monoisotopic (exact) mass is 329 g/mol. The van der Waals surface area contributed by atoms with Gasteiger partial charge in [-0.25, -0.2) is 0 Å². The molecule has 0 amide bonds. The predicted octanol–water partition coefficient (Wildman–Crippen LogP) is 3.69. The van der Waals surface area contributed by atoms with Gasteiger partial charge in [0.05, 0.1) is 11.3 Å². The molecule has 2 aromatic rings. The van der Waals surface area contributed by atoms with Gasteiger partial charge < -0.3 is 4.90 Å². The van der Waals surface area contributed by atoms with Crippen molar-refractivity contribution in [2.45, 2.75) is 13.8 Å². The smallest absolute Gasteiger partial charge is 0.211 e. The predicted molar refractivity (Wildman–Crippen MR) is 98.5 cm³/mol. The van der Waals surface area contributed by atoms with Crippen LogP contribution >= 0.6 is 0 Å². The molecule has 3 rings (SSSR count). The van der Waals surface area contributed by atoms with Crippen LogP contribution < -0.4 is 0 Å². The molecule has 1 aliphatic carbocycles. The van der Waals surface area contributed by atoms with E-state index in [9.17, 15) is 9.59 Å². The Morgan fingerprint density at radius 1 is 0.880 bits per heavy atom. The first-order valence-corrected chi connectivity index (χ1v) is 8.41. The van der Waals surface area contributed by atoms with Gasteiger partial charge in [0, 0.05) is 35.9 Å². The van der Waals surface area contributed by atoms with E-state index in [0.717, 1.165) is 5.56 Å². The van der Waals surface area contributed by atoms with Gasteiger partial charge in [0.15, 0.2) is 5.78 Å². The molecule has 0 saturated heterocycles. The molecule has 0 bridgehead atoms. The van der Waals surface area contributed by atoms with E-state index >= 15 is 0 Å². The van der Waals surface area contributed by atoms with E-state index in [1.165, 1.54) is 6.08 Å². The molecule has 0 spiro atoms. The zero-order chi connectivity index (χ0) is 17.8. The van der Waals surface area contributed by atoms with Gasteiger partial charge in [0.2, 0.25) is 5.78 Å². The van der Waals surface area contributed by atoms with Crippen LogP contribution in [0.5, 0.6) is 0 Å². The number of rotatable bonds is 3. The number of benzene rings is 2. The fourth-order valence-corrected chi connectivity index (χ4v) is 2.96. The lowest BCUT2D eigenvalue weighted by Crippen LogP contribution is -2.31. The summed E-state index contributed by atoms with van der Waals surface area (Å²) in [5, 5.41) is 0. The van der Waals surface area contributed by atoms with E-state index in [1.807, 2.05) is 49.1 Å². The Morgan fingerprint density at radius 3 is 2.28 bits per heavy atom. The molecule has 0 unspecified atom stereocenters. The number of carbonyl (C=O) groups is 2. The third-order valence-electron chi connectivity index (χ3n) is 4.28. The number of allylic oxidation sites excluding steroid dienone is 2. The fraction of sp³-hybridized carbons (Fsp3) is 0.182. The van der Waals surface area contributed by atoms with Gasteiger partial charge in [-0.2, -0.15) is 0 Å². The zero-order valence-corrected chi connectivity index (χ0v) is 14.4. The molecule has 124 valence electrons. The highest BCUT2D eigenvalue weighted by atomic mass is 16.1. The second kappa shape index (κ2) is 7.19. The third kappa shape index (κ3) is 3.25. The molecule has 1 aliphatic rings. The van der Waals surface area contributed by atoms with Crippen LogP contribution in [0.3, 0.4) is 0 Å². The molecule has 0 radical (unpaired) electrons. The van der Waals surface area contributed by atoms with Crippen molar-refractivity contribution in [3.8, 4) is 11.8 Å². The minimum Gasteiger partial charge on any atom is -0.369 e. The molecular weight excluding hydrogens is 310 g/mol. The highest BCUT2D eigenvalue weighted by Crippen LogP contribution is 2.26. The lowest BCUT2D eigenvalue weighted by molar-refractivity contribution is 0.0953. The summed E-state index contributed by atoms with van der Waals surface area (Å²) in [7, 11) is 0. The number of fused-ring (bicyclic) bond motifs is 1. The quantitative estimate of drug-likeness (QED) is 0.806. The summed E-state index contributed by atoms with van der Waals surface area (Å²) >= 11 is 0. The van der Waals surface area contributed by atoms with Crippen molar-refractivity contribution >= 4 is 11.6 Å². The second-order valence-corrected chi connectivity index (χ2v) is 5.74. The van der Waals surface area contributed by atoms with Crippen molar-refractivity contribution < 1.29 is 9.59 Å². The van der Waals surface area contributed by atoms with Crippen LogP contribution in [-0.2, 0) is 0 Å². The van der Waals surface area contributed by atoms with Gasteiger partial charge in [-0.1, -0.05) is 42.2 Å². The molecule has 3 heteroatoms. The number of hydrogen-bond donors (Lipinski definition) is 0. The number of carbonyl (C=O) groups excluding carboxylic acids is 2. The maximum Gasteiger partial charge on any atom is 0.211 e. The highest BCUT2D eigenvalue weighted by Gasteiger charge is 2.29. The van der Waals surface area contributed by atoms with E-state index < -0.39 is 0 Å². The first kappa shape index (κ1) is 16.7. The summed E-state index contributed by atoms with van der Waals surface area (Å²) in [5.74, 6) is 5.87. The lowest BCUT2D eigenvalue weighted by Gasteiger charge is -2.26. The van der Waals surface area contributed by atoms with Crippen molar-refractivity contribution in [3.63, 3.8) is 0 Å². The topological polar surface area (TPSA) is 37.4 Å². The molecule has 3 nitrogen and oxygen atoms in total. The number of ketones is 2. The van der Waals surface area contributed by atoms with E-state index in [1.54, 1.807) is 18.2 Å². The maximum absolute atomic E-state index is 13.0. The van der Waals surface area contributed by atoms with Gasteiger partial charge in [-0.3, -0.25) is 9.59 Å². The molecule has 2 aromatic carbocycles. The first-order chi connectivity index (χ1) is 12.2. The Hall–Kier alpha value is -3.12. The van der Waals surface area contributed by atoms with Crippen LogP contribution in [0, 0.1) is 11.8 Å². The minimum atomic E-state index is -0.139. The Labute approximate surface area is 148 Å². The molecule has 0 aliphatic heterocycles. The van der Waals surface area contributed by atoms with E-state index in [-0.39, 0.29) is 11.6 Å². The van der Waals surface area contributed by atoms with Crippen LogP contribution in [0.1, 0.15) is 45.7 Å². The molecular formula is C22H19NO2. The third-order valence-corrected chi connectivity index (χ3v) is 4.28. The normalized spacial score (nSPS) is 12.8. The average molecular weight is 329 g/mol. The van der Waals surface area contributed by atoms with Gasteiger partial charge >= 0.3 is 0 Å². The summed E-state index contributed by atoms with van der Waals surface area (Å²) < 4.78 is 0. The summed E-state index contributed by atoms with van der Waals surface area (Å²) in [5.41, 5.74) is 2.77. The van der Waals surface area contributed by atoms with E-state index in [2.05, 4.69) is 11.8 Å². The number of nitrogens with zero attached hydrogens (tertiary/aromatic N) is 1. The van der Waals surface area contributed by atoms with Crippen molar-refractivity contribution in [1.29, 1.82) is 0 Å². The Balaban J connectivity index is 2.08. The summed E-state index contributed by atoms with van der Waals surface area (Å²) in [4.78, 5) is 27.4. The second-order valence-electron chi connectivity index (χ2n) is 5.74. The van der Waals surface area contributed by atoms with Gasteiger partial charge in [-0.15, -0.1) is 0 Å². The number of likely N-dealkylation sites (N-methyl/N-ethyl adjacent to an activating group) is 1. The standard InChI is InChI=1S/C22H19NO2/c1-3-23(4-2)19-15-20(24)18-12-8-11-17(21(18)22(19)25)14-13-16-9-6-5-7-10-16/h5-12,15H,3-4H2,1-2H3. The van der Waals surface area contributed by atoms with Crippen LogP contribution in [0.25, 0.3) is 0 Å². The van der Waals surface area contributed by atoms with E-state index in [4.69, 9.17) is 0 Å². The SMILES string of the molecule is CCN(CC)C1=CC(=O)c2cccc(C#Cc3ccccc3)c2C1=O. The number of Topliss-reactive ketones (excluding diaryl/α,β-unsaturated/α-hetero) is 1. The lowest BCUT2D eigenvalue weighted by atomic mass is 9.88.